The zero-order valence-corrected chi connectivity index (χ0v) is 17.3. The average Bonchev–Trinajstić information content (AvgIpc) is 3.18. The molecule has 0 bridgehead atoms. The smallest absolute Gasteiger partial charge is 0.256 e. The maximum atomic E-state index is 4.76. The number of rotatable bonds is 8. The van der Waals surface area contributed by atoms with Gasteiger partial charge in [-0.1, -0.05) is 26.2 Å². The summed E-state index contributed by atoms with van der Waals surface area (Å²) in [6, 6.07) is 6.41. The van der Waals surface area contributed by atoms with Gasteiger partial charge in [0.15, 0.2) is 5.82 Å². The molecule has 1 fully saturated rings. The van der Waals surface area contributed by atoms with Gasteiger partial charge >= 0.3 is 0 Å². The zero-order chi connectivity index (χ0) is 20.1. The Hall–Kier alpha value is -2.74. The van der Waals surface area contributed by atoms with Gasteiger partial charge in [-0.25, -0.2) is 0 Å². The number of pyridine rings is 1. The van der Waals surface area contributed by atoms with Crippen molar-refractivity contribution in [3.63, 3.8) is 0 Å². The third kappa shape index (κ3) is 4.64. The third-order valence-electron chi connectivity index (χ3n) is 5.24. The molecule has 0 saturated carbocycles. The van der Waals surface area contributed by atoms with E-state index in [1.54, 1.807) is 12.4 Å². The van der Waals surface area contributed by atoms with Gasteiger partial charge in [0, 0.05) is 56.2 Å². The fourth-order valence-corrected chi connectivity index (χ4v) is 3.70. The van der Waals surface area contributed by atoms with Gasteiger partial charge in [-0.2, -0.15) is 14.5 Å². The first-order valence-electron chi connectivity index (χ1n) is 10.6. The predicted octanol–water partition coefficient (Wildman–Crippen LogP) is 2.98. The molecule has 1 saturated heterocycles. The van der Waals surface area contributed by atoms with Crippen LogP contribution in [0.1, 0.15) is 39.5 Å². The van der Waals surface area contributed by atoms with Crippen LogP contribution in [0.3, 0.4) is 0 Å². The van der Waals surface area contributed by atoms with Gasteiger partial charge in [0.1, 0.15) is 11.6 Å². The number of nitrogens with one attached hydrogen (secondary N) is 2. The Kier molecular flexibility index (Phi) is 6.19. The topological polar surface area (TPSA) is 83.3 Å². The number of hydrogen-bond donors (Lipinski definition) is 2. The van der Waals surface area contributed by atoms with Crippen LogP contribution in [0.25, 0.3) is 17.2 Å². The minimum atomic E-state index is 0.429. The molecule has 154 valence electrons. The second-order valence-electron chi connectivity index (χ2n) is 7.68. The SMILES string of the molecule is CCCCCCNc1cc(N2CCNC(C)C2)n2nc(-c3cccnc3)nc2n1. The summed E-state index contributed by atoms with van der Waals surface area (Å²) in [5.41, 5.74) is 0.895. The summed E-state index contributed by atoms with van der Waals surface area (Å²) in [6.45, 7) is 8.17. The van der Waals surface area contributed by atoms with E-state index >= 15 is 0 Å². The molecule has 0 radical (unpaired) electrons. The molecule has 8 nitrogen and oxygen atoms in total. The second-order valence-corrected chi connectivity index (χ2v) is 7.68. The van der Waals surface area contributed by atoms with E-state index in [1.165, 1.54) is 19.3 Å². The Labute approximate surface area is 171 Å². The van der Waals surface area contributed by atoms with E-state index in [0.717, 1.165) is 49.8 Å². The van der Waals surface area contributed by atoms with Gasteiger partial charge in [0.05, 0.1) is 0 Å². The Bertz CT molecular complexity index is 923. The van der Waals surface area contributed by atoms with Crippen molar-refractivity contribution < 1.29 is 0 Å². The summed E-state index contributed by atoms with van der Waals surface area (Å²) in [5, 5.41) is 11.7. The van der Waals surface area contributed by atoms with E-state index < -0.39 is 0 Å². The van der Waals surface area contributed by atoms with Crippen molar-refractivity contribution in [2.75, 3.05) is 36.4 Å². The van der Waals surface area contributed by atoms with Crippen molar-refractivity contribution in [2.45, 2.75) is 45.6 Å². The van der Waals surface area contributed by atoms with Crippen molar-refractivity contribution in [1.82, 2.24) is 29.9 Å². The van der Waals surface area contributed by atoms with Crippen LogP contribution < -0.4 is 15.5 Å². The highest BCUT2D eigenvalue weighted by atomic mass is 15.4. The molecular weight excluding hydrogens is 364 g/mol. The number of aromatic nitrogens is 5. The standard InChI is InChI=1S/C21H30N8/c1-3-4-5-6-10-24-18-13-19(28-12-11-23-16(2)15-28)29-21(25-18)26-20(27-29)17-8-7-9-22-14-17/h7-9,13-14,16,23H,3-6,10-12,15H2,1-2H3,(H,24,25,26,27). The maximum absolute atomic E-state index is 4.76. The van der Waals surface area contributed by atoms with E-state index in [0.29, 0.717) is 17.6 Å². The molecule has 3 aromatic rings. The van der Waals surface area contributed by atoms with E-state index in [-0.39, 0.29) is 0 Å². The van der Waals surface area contributed by atoms with Gasteiger partial charge in [-0.15, -0.1) is 5.10 Å². The molecule has 4 rings (SSSR count). The predicted molar refractivity (Wildman–Crippen MR) is 116 cm³/mol. The molecule has 1 aliphatic rings. The molecule has 0 amide bonds. The molecule has 0 spiro atoms. The fourth-order valence-electron chi connectivity index (χ4n) is 3.70. The number of fused-ring (bicyclic) bond motifs is 1. The molecule has 1 atom stereocenters. The van der Waals surface area contributed by atoms with Crippen molar-refractivity contribution >= 4 is 17.4 Å². The first-order chi connectivity index (χ1) is 14.2. The summed E-state index contributed by atoms with van der Waals surface area (Å²) < 4.78 is 1.86. The highest BCUT2D eigenvalue weighted by Gasteiger charge is 2.21. The van der Waals surface area contributed by atoms with E-state index in [4.69, 9.17) is 15.1 Å². The first kappa shape index (κ1) is 19.6. The molecule has 8 heteroatoms. The van der Waals surface area contributed by atoms with Crippen LogP contribution in [0.4, 0.5) is 11.6 Å². The van der Waals surface area contributed by atoms with Gasteiger partial charge in [-0.3, -0.25) is 4.98 Å². The highest BCUT2D eigenvalue weighted by molar-refractivity contribution is 5.61. The molecule has 1 aliphatic heterocycles. The Balaban J connectivity index is 1.66. The number of unbranched alkanes of at least 4 members (excludes halogenated alkanes) is 3. The Morgan fingerprint density at radius 1 is 1.24 bits per heavy atom. The lowest BCUT2D eigenvalue weighted by molar-refractivity contribution is 0.480. The van der Waals surface area contributed by atoms with Crippen LogP contribution >= 0.6 is 0 Å². The lowest BCUT2D eigenvalue weighted by atomic mass is 10.2. The molecular formula is C21H30N8. The van der Waals surface area contributed by atoms with Crippen LogP contribution in [0, 0.1) is 0 Å². The van der Waals surface area contributed by atoms with Gasteiger partial charge in [-0.05, 0) is 25.5 Å². The molecule has 3 aromatic heterocycles. The third-order valence-corrected chi connectivity index (χ3v) is 5.24. The number of anilines is 2. The normalized spacial score (nSPS) is 17.0. The van der Waals surface area contributed by atoms with Gasteiger partial charge in [0.2, 0.25) is 0 Å². The van der Waals surface area contributed by atoms with E-state index in [2.05, 4.69) is 40.4 Å². The molecule has 29 heavy (non-hydrogen) atoms. The van der Waals surface area contributed by atoms with Crippen LogP contribution in [-0.2, 0) is 0 Å². The van der Waals surface area contributed by atoms with Crippen molar-refractivity contribution in [3.8, 4) is 11.4 Å². The first-order valence-corrected chi connectivity index (χ1v) is 10.6. The van der Waals surface area contributed by atoms with Crippen molar-refractivity contribution in [1.29, 1.82) is 0 Å². The molecule has 2 N–H and O–H groups in total. The number of hydrogen-bond acceptors (Lipinski definition) is 7. The fraction of sp³-hybridized carbons (Fsp3) is 0.524. The minimum Gasteiger partial charge on any atom is -0.370 e. The monoisotopic (exact) mass is 394 g/mol. The van der Waals surface area contributed by atoms with Crippen molar-refractivity contribution in [3.05, 3.63) is 30.6 Å². The van der Waals surface area contributed by atoms with Crippen LogP contribution in [0.2, 0.25) is 0 Å². The summed E-state index contributed by atoms with van der Waals surface area (Å²) in [7, 11) is 0. The highest BCUT2D eigenvalue weighted by Crippen LogP contribution is 2.23. The van der Waals surface area contributed by atoms with Crippen LogP contribution in [-0.4, -0.2) is 56.8 Å². The quantitative estimate of drug-likeness (QED) is 0.568. The van der Waals surface area contributed by atoms with Crippen molar-refractivity contribution in [2.24, 2.45) is 0 Å². The molecule has 1 unspecified atom stereocenters. The number of nitrogens with zero attached hydrogens (tertiary/aromatic N) is 6. The Morgan fingerprint density at radius 2 is 2.17 bits per heavy atom. The summed E-state index contributed by atoms with van der Waals surface area (Å²) in [4.78, 5) is 16.0. The lowest BCUT2D eigenvalue weighted by Crippen LogP contribution is -2.49. The maximum Gasteiger partial charge on any atom is 0.256 e. The minimum absolute atomic E-state index is 0.429. The summed E-state index contributed by atoms with van der Waals surface area (Å²) in [5.74, 6) is 3.15. The number of piperazine rings is 1. The van der Waals surface area contributed by atoms with E-state index in [1.807, 2.05) is 16.6 Å². The van der Waals surface area contributed by atoms with E-state index in [9.17, 15) is 0 Å². The Morgan fingerprint density at radius 3 is 2.97 bits per heavy atom. The zero-order valence-electron chi connectivity index (χ0n) is 17.3. The van der Waals surface area contributed by atoms with Gasteiger partial charge < -0.3 is 15.5 Å². The van der Waals surface area contributed by atoms with Gasteiger partial charge in [0.25, 0.3) is 5.78 Å². The average molecular weight is 395 g/mol. The summed E-state index contributed by atoms with van der Waals surface area (Å²) in [6.07, 6.45) is 8.45. The molecule has 0 aromatic carbocycles. The molecule has 0 aliphatic carbocycles. The van der Waals surface area contributed by atoms with Crippen LogP contribution in [0.5, 0.6) is 0 Å². The molecule has 4 heterocycles. The summed E-state index contributed by atoms with van der Waals surface area (Å²) >= 11 is 0. The lowest BCUT2D eigenvalue weighted by Gasteiger charge is -2.33. The van der Waals surface area contributed by atoms with Crippen LogP contribution in [0.15, 0.2) is 30.6 Å². The second kappa shape index (κ2) is 9.17. The largest absolute Gasteiger partial charge is 0.370 e.